The summed E-state index contributed by atoms with van der Waals surface area (Å²) in [6.07, 6.45) is 0. The van der Waals surface area contributed by atoms with Gasteiger partial charge in [0, 0.05) is 16.8 Å². The molecule has 1 amide bonds. The average molecular weight is 309 g/mol. The van der Waals surface area contributed by atoms with Gasteiger partial charge in [0.1, 0.15) is 11.6 Å². The van der Waals surface area contributed by atoms with Gasteiger partial charge in [-0.15, -0.1) is 11.8 Å². The Morgan fingerprint density at radius 2 is 2.10 bits per heavy atom. The smallest absolute Gasteiger partial charge is 0.238 e. The monoisotopic (exact) mass is 309 g/mol. The predicted octanol–water partition coefficient (Wildman–Crippen LogP) is 3.16. The summed E-state index contributed by atoms with van der Waals surface area (Å²) < 4.78 is 27.6. The number of carbonyl (C=O) groups is 1. The number of rotatable bonds is 1. The van der Waals surface area contributed by atoms with E-state index in [0.29, 0.717) is 11.4 Å². The van der Waals surface area contributed by atoms with Gasteiger partial charge in [-0.1, -0.05) is 0 Å². The highest BCUT2D eigenvalue weighted by atomic mass is 32.2. The number of carbonyl (C=O) groups excluding carboxylic acids is 1. The summed E-state index contributed by atoms with van der Waals surface area (Å²) in [5.41, 5.74) is 1.62. The van der Waals surface area contributed by atoms with Gasteiger partial charge in [-0.2, -0.15) is 5.10 Å². The molecule has 0 radical (unpaired) electrons. The van der Waals surface area contributed by atoms with Crippen LogP contribution in [0, 0.1) is 18.6 Å². The molecule has 1 aliphatic heterocycles. The van der Waals surface area contributed by atoms with Gasteiger partial charge in [0.2, 0.25) is 5.91 Å². The Hall–Kier alpha value is -1.89. The van der Waals surface area contributed by atoms with Crippen molar-refractivity contribution in [3.8, 4) is 0 Å². The molecule has 4 nitrogen and oxygen atoms in total. The molecule has 3 rings (SSSR count). The summed E-state index contributed by atoms with van der Waals surface area (Å²) >= 11 is 1.27. The van der Waals surface area contributed by atoms with Crippen LogP contribution in [0.5, 0.6) is 0 Å². The summed E-state index contributed by atoms with van der Waals surface area (Å²) in [6.45, 7) is 3.52. The minimum atomic E-state index is -0.508. The third kappa shape index (κ3) is 2.42. The molecular weight excluding hydrogens is 296 g/mol. The van der Waals surface area contributed by atoms with E-state index < -0.39 is 22.1 Å². The molecule has 0 aliphatic carbocycles. The SMILES string of the molecule is Cc1[nH]nc2c1[C@@H](c1cc(F)ccc1F)S[C@@H](C)C(=O)N2. The topological polar surface area (TPSA) is 57.8 Å². The number of fused-ring (bicyclic) bond motifs is 1. The molecule has 0 bridgehead atoms. The van der Waals surface area contributed by atoms with Crippen molar-refractivity contribution in [2.24, 2.45) is 0 Å². The van der Waals surface area contributed by atoms with E-state index >= 15 is 0 Å². The quantitative estimate of drug-likeness (QED) is 0.851. The molecule has 110 valence electrons. The van der Waals surface area contributed by atoms with Gasteiger partial charge in [-0.05, 0) is 32.0 Å². The van der Waals surface area contributed by atoms with Crippen LogP contribution in [0.1, 0.15) is 29.0 Å². The molecule has 7 heteroatoms. The number of halogens is 2. The maximum absolute atomic E-state index is 14.1. The maximum atomic E-state index is 14.1. The van der Waals surface area contributed by atoms with Crippen molar-refractivity contribution in [3.05, 3.63) is 46.7 Å². The molecule has 1 aromatic carbocycles. The van der Waals surface area contributed by atoms with E-state index in [1.165, 1.54) is 17.8 Å². The fraction of sp³-hybridized carbons (Fsp3) is 0.286. The Labute approximate surface area is 124 Å². The van der Waals surface area contributed by atoms with Crippen LogP contribution in [0.25, 0.3) is 0 Å². The van der Waals surface area contributed by atoms with E-state index in [2.05, 4.69) is 15.5 Å². The molecule has 2 atom stereocenters. The van der Waals surface area contributed by atoms with Gasteiger partial charge in [0.15, 0.2) is 5.82 Å². The van der Waals surface area contributed by atoms with E-state index in [4.69, 9.17) is 0 Å². The first-order valence-corrected chi connectivity index (χ1v) is 7.37. The standard InChI is InChI=1S/C14H13F2N3OS/c1-6-11-12(9-5-8(15)3-4-10(9)16)21-7(2)14(20)17-13(11)19-18-6/h3-5,7,12H,1-2H3,(H2,17,18,19,20)/t7-,12+/m0/s1. The van der Waals surface area contributed by atoms with Crippen molar-refractivity contribution in [2.45, 2.75) is 24.3 Å². The molecule has 21 heavy (non-hydrogen) atoms. The zero-order valence-corrected chi connectivity index (χ0v) is 12.2. The van der Waals surface area contributed by atoms with Gasteiger partial charge in [-0.3, -0.25) is 9.89 Å². The third-order valence-corrected chi connectivity index (χ3v) is 4.83. The van der Waals surface area contributed by atoms with Crippen molar-refractivity contribution in [2.75, 3.05) is 5.32 Å². The van der Waals surface area contributed by atoms with Crippen molar-refractivity contribution in [1.82, 2.24) is 10.2 Å². The Bertz CT molecular complexity index is 716. The van der Waals surface area contributed by atoms with Crippen LogP contribution in [0.3, 0.4) is 0 Å². The van der Waals surface area contributed by atoms with Crippen LogP contribution in [0.15, 0.2) is 18.2 Å². The minimum Gasteiger partial charge on any atom is -0.308 e. The van der Waals surface area contributed by atoms with Crippen LogP contribution in [0.4, 0.5) is 14.6 Å². The number of aromatic amines is 1. The van der Waals surface area contributed by atoms with Gasteiger partial charge in [-0.25, -0.2) is 8.78 Å². The third-order valence-electron chi connectivity index (χ3n) is 3.45. The number of aromatic nitrogens is 2. The number of hydrogen-bond donors (Lipinski definition) is 2. The molecule has 0 saturated heterocycles. The van der Waals surface area contributed by atoms with Gasteiger partial charge in [0.25, 0.3) is 0 Å². The number of anilines is 1. The summed E-state index contributed by atoms with van der Waals surface area (Å²) in [4.78, 5) is 12.0. The van der Waals surface area contributed by atoms with Crippen molar-refractivity contribution >= 4 is 23.5 Å². The highest BCUT2D eigenvalue weighted by molar-refractivity contribution is 8.01. The van der Waals surface area contributed by atoms with Crippen molar-refractivity contribution in [3.63, 3.8) is 0 Å². The zero-order valence-electron chi connectivity index (χ0n) is 11.4. The molecule has 0 fully saturated rings. The fourth-order valence-corrected chi connectivity index (χ4v) is 3.69. The molecule has 2 heterocycles. The predicted molar refractivity (Wildman–Crippen MR) is 77.2 cm³/mol. The second kappa shape index (κ2) is 5.14. The van der Waals surface area contributed by atoms with E-state index in [1.807, 2.05) is 0 Å². The lowest BCUT2D eigenvalue weighted by Gasteiger charge is -2.18. The Morgan fingerprint density at radius 3 is 2.86 bits per heavy atom. The maximum Gasteiger partial charge on any atom is 0.238 e. The molecule has 0 unspecified atom stereocenters. The van der Waals surface area contributed by atoms with Gasteiger partial charge < -0.3 is 5.32 Å². The number of amides is 1. The van der Waals surface area contributed by atoms with Crippen LogP contribution in [-0.4, -0.2) is 21.4 Å². The number of aryl methyl sites for hydroxylation is 1. The lowest BCUT2D eigenvalue weighted by Crippen LogP contribution is -2.21. The first kappa shape index (κ1) is 14.1. The minimum absolute atomic E-state index is 0.202. The first-order valence-electron chi connectivity index (χ1n) is 6.43. The highest BCUT2D eigenvalue weighted by Gasteiger charge is 2.33. The van der Waals surface area contributed by atoms with E-state index in [1.54, 1.807) is 13.8 Å². The summed E-state index contributed by atoms with van der Waals surface area (Å²) in [6, 6.07) is 3.35. The number of nitrogens with zero attached hydrogens (tertiary/aromatic N) is 1. The van der Waals surface area contributed by atoms with Crippen LogP contribution in [0.2, 0.25) is 0 Å². The Kier molecular flexibility index (Phi) is 3.44. The van der Waals surface area contributed by atoms with E-state index in [-0.39, 0.29) is 11.5 Å². The Balaban J connectivity index is 2.18. The molecule has 0 saturated carbocycles. The number of thioether (sulfide) groups is 1. The van der Waals surface area contributed by atoms with Gasteiger partial charge in [0.05, 0.1) is 10.5 Å². The molecule has 2 N–H and O–H groups in total. The zero-order chi connectivity index (χ0) is 15.1. The summed E-state index contributed by atoms with van der Waals surface area (Å²) in [5.74, 6) is -0.831. The second-order valence-electron chi connectivity index (χ2n) is 4.92. The van der Waals surface area contributed by atoms with E-state index in [9.17, 15) is 13.6 Å². The van der Waals surface area contributed by atoms with Crippen molar-refractivity contribution in [1.29, 1.82) is 0 Å². The first-order chi connectivity index (χ1) is 9.97. The number of hydrogen-bond acceptors (Lipinski definition) is 3. The average Bonchev–Trinajstić information content (AvgIpc) is 2.73. The van der Waals surface area contributed by atoms with Crippen LogP contribution < -0.4 is 5.32 Å². The van der Waals surface area contributed by atoms with Crippen LogP contribution >= 0.6 is 11.8 Å². The molecule has 2 aromatic rings. The molecule has 0 spiro atoms. The van der Waals surface area contributed by atoms with Gasteiger partial charge >= 0.3 is 0 Å². The fourth-order valence-electron chi connectivity index (χ4n) is 2.35. The van der Waals surface area contributed by atoms with E-state index in [0.717, 1.165) is 17.8 Å². The summed E-state index contributed by atoms with van der Waals surface area (Å²) in [5, 5.41) is 8.64. The number of benzene rings is 1. The Morgan fingerprint density at radius 1 is 1.33 bits per heavy atom. The van der Waals surface area contributed by atoms with Crippen LogP contribution in [-0.2, 0) is 4.79 Å². The molecule has 1 aliphatic rings. The molecule has 1 aromatic heterocycles. The van der Waals surface area contributed by atoms with Crippen molar-refractivity contribution < 1.29 is 13.6 Å². The number of H-pyrrole nitrogens is 1. The number of nitrogens with one attached hydrogen (secondary N) is 2. The normalized spacial score (nSPS) is 21.6. The lowest BCUT2D eigenvalue weighted by atomic mass is 10.0. The lowest BCUT2D eigenvalue weighted by molar-refractivity contribution is -0.115. The highest BCUT2D eigenvalue weighted by Crippen LogP contribution is 2.45. The second-order valence-corrected chi connectivity index (χ2v) is 6.38. The molecular formula is C14H13F2N3OS. The largest absolute Gasteiger partial charge is 0.308 e. The summed E-state index contributed by atoms with van der Waals surface area (Å²) in [7, 11) is 0.